The van der Waals surface area contributed by atoms with Crippen molar-refractivity contribution in [2.45, 2.75) is 12.8 Å². The molecule has 144 valence electrons. The van der Waals surface area contributed by atoms with E-state index >= 15 is 0 Å². The van der Waals surface area contributed by atoms with Crippen molar-refractivity contribution >= 4 is 28.6 Å². The average molecular weight is 377 g/mol. The summed E-state index contributed by atoms with van der Waals surface area (Å²) in [6, 6.07) is 18.1. The number of hydrogen-bond acceptors (Lipinski definition) is 3. The first kappa shape index (κ1) is 18.1. The van der Waals surface area contributed by atoms with Gasteiger partial charge in [-0.1, -0.05) is 30.3 Å². The maximum Gasteiger partial charge on any atom is 0.409 e. The summed E-state index contributed by atoms with van der Waals surface area (Å²) in [5.74, 6) is -0.101. The molecule has 0 saturated carbocycles. The second-order valence-corrected chi connectivity index (χ2v) is 7.07. The van der Waals surface area contributed by atoms with Gasteiger partial charge in [-0.05, 0) is 37.1 Å². The van der Waals surface area contributed by atoms with Crippen molar-refractivity contribution in [1.82, 2.24) is 9.88 Å². The molecule has 1 aliphatic heterocycles. The number of carbonyl (C=O) groups is 2. The first-order valence-corrected chi connectivity index (χ1v) is 9.46. The number of likely N-dealkylation sites (tertiary alicyclic amines) is 1. The van der Waals surface area contributed by atoms with E-state index in [1.54, 1.807) is 4.90 Å². The third-order valence-corrected chi connectivity index (χ3v) is 5.27. The second-order valence-electron chi connectivity index (χ2n) is 7.07. The zero-order valence-electron chi connectivity index (χ0n) is 15.8. The molecule has 1 aliphatic rings. The van der Waals surface area contributed by atoms with Gasteiger partial charge in [0.25, 0.3) is 0 Å². The second kappa shape index (κ2) is 7.76. The number of H-pyrrole nitrogens is 1. The quantitative estimate of drug-likeness (QED) is 0.716. The van der Waals surface area contributed by atoms with Crippen LogP contribution in [-0.2, 0) is 9.53 Å². The van der Waals surface area contributed by atoms with E-state index in [2.05, 4.69) is 22.4 Å². The maximum absolute atomic E-state index is 12.6. The largest absolute Gasteiger partial charge is 0.453 e. The molecule has 3 aromatic rings. The molecule has 0 unspecified atom stereocenters. The van der Waals surface area contributed by atoms with Crippen LogP contribution >= 0.6 is 0 Å². The van der Waals surface area contributed by atoms with Crippen LogP contribution in [0.15, 0.2) is 54.6 Å². The van der Waals surface area contributed by atoms with Gasteiger partial charge in [0, 0.05) is 46.9 Å². The lowest BCUT2D eigenvalue weighted by atomic mass is 9.96. The number of methoxy groups -OCH3 is 1. The summed E-state index contributed by atoms with van der Waals surface area (Å²) in [5.41, 5.74) is 3.90. The Morgan fingerprint density at radius 3 is 2.61 bits per heavy atom. The Morgan fingerprint density at radius 2 is 1.86 bits per heavy atom. The maximum atomic E-state index is 12.6. The fourth-order valence-corrected chi connectivity index (χ4v) is 3.69. The Labute approximate surface area is 163 Å². The molecule has 2 N–H and O–H groups in total. The van der Waals surface area contributed by atoms with Crippen molar-refractivity contribution in [3.63, 3.8) is 0 Å². The van der Waals surface area contributed by atoms with Gasteiger partial charge in [0.05, 0.1) is 7.11 Å². The van der Waals surface area contributed by atoms with E-state index < -0.39 is 0 Å². The average Bonchev–Trinajstić information content (AvgIpc) is 3.18. The summed E-state index contributed by atoms with van der Waals surface area (Å²) in [7, 11) is 1.38. The number of benzene rings is 2. The van der Waals surface area contributed by atoms with Crippen LogP contribution in [0.5, 0.6) is 0 Å². The summed E-state index contributed by atoms with van der Waals surface area (Å²) in [6.07, 6.45) is 0.954. The van der Waals surface area contributed by atoms with Crippen LogP contribution in [0, 0.1) is 5.92 Å². The Bertz CT molecular complexity index is 970. The topological polar surface area (TPSA) is 74.4 Å². The van der Waals surface area contributed by atoms with Gasteiger partial charge in [-0.2, -0.15) is 0 Å². The number of aromatic amines is 1. The lowest BCUT2D eigenvalue weighted by Crippen LogP contribution is -2.41. The molecule has 0 aliphatic carbocycles. The van der Waals surface area contributed by atoms with E-state index in [4.69, 9.17) is 4.74 Å². The van der Waals surface area contributed by atoms with E-state index in [1.165, 1.54) is 7.11 Å². The minimum Gasteiger partial charge on any atom is -0.453 e. The minimum absolute atomic E-state index is 0.00156. The Balaban J connectivity index is 1.43. The van der Waals surface area contributed by atoms with Crippen LogP contribution in [0.1, 0.15) is 12.8 Å². The van der Waals surface area contributed by atoms with E-state index in [-0.39, 0.29) is 17.9 Å². The fraction of sp³-hybridized carbons (Fsp3) is 0.273. The van der Waals surface area contributed by atoms with Crippen LogP contribution in [-0.4, -0.2) is 42.1 Å². The van der Waals surface area contributed by atoms with Gasteiger partial charge < -0.3 is 19.9 Å². The SMILES string of the molecule is COC(=O)N1CCC(C(=O)Nc2cccc(-c3cc4ccccc4[nH]3)c2)CC1. The molecule has 28 heavy (non-hydrogen) atoms. The highest BCUT2D eigenvalue weighted by molar-refractivity contribution is 5.94. The van der Waals surface area contributed by atoms with Crippen LogP contribution in [0.4, 0.5) is 10.5 Å². The normalized spacial score (nSPS) is 14.8. The van der Waals surface area contributed by atoms with E-state index in [0.29, 0.717) is 25.9 Å². The number of amides is 2. The monoisotopic (exact) mass is 377 g/mol. The van der Waals surface area contributed by atoms with Crippen molar-refractivity contribution < 1.29 is 14.3 Å². The molecule has 2 heterocycles. The van der Waals surface area contributed by atoms with Crippen LogP contribution in [0.2, 0.25) is 0 Å². The lowest BCUT2D eigenvalue weighted by molar-refractivity contribution is -0.121. The number of nitrogens with zero attached hydrogens (tertiary/aromatic N) is 1. The van der Waals surface area contributed by atoms with Gasteiger partial charge in [-0.15, -0.1) is 0 Å². The van der Waals surface area contributed by atoms with Crippen molar-refractivity contribution in [3.05, 3.63) is 54.6 Å². The first-order valence-electron chi connectivity index (χ1n) is 9.46. The smallest absolute Gasteiger partial charge is 0.409 e. The number of aromatic nitrogens is 1. The summed E-state index contributed by atoms with van der Waals surface area (Å²) in [4.78, 5) is 29.3. The summed E-state index contributed by atoms with van der Waals surface area (Å²) in [6.45, 7) is 1.08. The van der Waals surface area contributed by atoms with Gasteiger partial charge >= 0.3 is 6.09 Å². The number of para-hydroxylation sites is 1. The van der Waals surface area contributed by atoms with Gasteiger partial charge in [0.15, 0.2) is 0 Å². The molecular formula is C22H23N3O3. The lowest BCUT2D eigenvalue weighted by Gasteiger charge is -2.30. The molecule has 4 rings (SSSR count). The predicted octanol–water partition coefficient (Wildman–Crippen LogP) is 4.25. The van der Waals surface area contributed by atoms with Crippen LogP contribution in [0.3, 0.4) is 0 Å². The Morgan fingerprint density at radius 1 is 1.07 bits per heavy atom. The van der Waals surface area contributed by atoms with Crippen LogP contribution in [0.25, 0.3) is 22.2 Å². The third kappa shape index (κ3) is 3.71. The van der Waals surface area contributed by atoms with E-state index in [0.717, 1.165) is 27.8 Å². The fourth-order valence-electron chi connectivity index (χ4n) is 3.69. The summed E-state index contributed by atoms with van der Waals surface area (Å²) in [5, 5.41) is 4.18. The highest BCUT2D eigenvalue weighted by Crippen LogP contribution is 2.27. The van der Waals surface area contributed by atoms with Crippen molar-refractivity contribution in [2.75, 3.05) is 25.5 Å². The number of anilines is 1. The molecule has 0 radical (unpaired) electrons. The number of piperidine rings is 1. The first-order chi connectivity index (χ1) is 13.6. The molecule has 2 amide bonds. The van der Waals surface area contributed by atoms with Crippen molar-refractivity contribution in [3.8, 4) is 11.3 Å². The number of nitrogens with one attached hydrogen (secondary N) is 2. The molecule has 1 aromatic heterocycles. The minimum atomic E-state index is -0.329. The molecular weight excluding hydrogens is 354 g/mol. The molecule has 0 spiro atoms. The Hall–Kier alpha value is -3.28. The third-order valence-electron chi connectivity index (χ3n) is 5.27. The highest BCUT2D eigenvalue weighted by atomic mass is 16.5. The number of fused-ring (bicyclic) bond motifs is 1. The highest BCUT2D eigenvalue weighted by Gasteiger charge is 2.27. The molecule has 1 fully saturated rings. The van der Waals surface area contributed by atoms with Gasteiger partial charge in [0.1, 0.15) is 0 Å². The van der Waals surface area contributed by atoms with Crippen LogP contribution < -0.4 is 5.32 Å². The number of rotatable bonds is 3. The molecule has 1 saturated heterocycles. The van der Waals surface area contributed by atoms with Gasteiger partial charge in [-0.3, -0.25) is 4.79 Å². The van der Waals surface area contributed by atoms with Gasteiger partial charge in [0.2, 0.25) is 5.91 Å². The Kier molecular flexibility index (Phi) is 5.02. The predicted molar refractivity (Wildman–Crippen MR) is 109 cm³/mol. The van der Waals surface area contributed by atoms with Gasteiger partial charge in [-0.25, -0.2) is 4.79 Å². The molecule has 6 heteroatoms. The molecule has 0 atom stereocenters. The summed E-state index contributed by atoms with van der Waals surface area (Å²) < 4.78 is 4.74. The zero-order chi connectivity index (χ0) is 19.5. The summed E-state index contributed by atoms with van der Waals surface area (Å²) >= 11 is 0. The molecule has 0 bridgehead atoms. The van der Waals surface area contributed by atoms with Crippen molar-refractivity contribution in [2.24, 2.45) is 5.92 Å². The van der Waals surface area contributed by atoms with E-state index in [9.17, 15) is 9.59 Å². The molecule has 6 nitrogen and oxygen atoms in total. The van der Waals surface area contributed by atoms with E-state index in [1.807, 2.05) is 42.5 Å². The number of carbonyl (C=O) groups excluding carboxylic acids is 2. The molecule has 2 aromatic carbocycles. The number of hydrogen-bond donors (Lipinski definition) is 2. The standard InChI is InChI=1S/C22H23N3O3/c1-28-22(27)25-11-9-15(10-12-25)21(26)23-18-7-4-6-16(13-18)20-14-17-5-2-3-8-19(17)24-20/h2-8,13-15,24H,9-12H2,1H3,(H,23,26). The zero-order valence-corrected chi connectivity index (χ0v) is 15.8. The van der Waals surface area contributed by atoms with Crippen molar-refractivity contribution in [1.29, 1.82) is 0 Å². The number of ether oxygens (including phenoxy) is 1.